The Kier molecular flexibility index (Phi) is 3.62. The number of alkyl halides is 3. The second-order valence-corrected chi connectivity index (χ2v) is 3.64. The largest absolute Gasteiger partial charge is 0.280 e. The summed E-state index contributed by atoms with van der Waals surface area (Å²) in [6, 6.07) is 1.67. The molecule has 0 saturated carbocycles. The van der Waals surface area contributed by atoms with E-state index >= 15 is 0 Å². The van der Waals surface area contributed by atoms with Gasteiger partial charge in [0.2, 0.25) is 0 Å². The molecule has 1 aromatic heterocycles. The molecule has 0 atom stereocenters. The molecule has 5 heteroatoms. The average Bonchev–Trinajstić information content (AvgIpc) is 2.02. The molecule has 0 aliphatic carbocycles. The van der Waals surface area contributed by atoms with Crippen LogP contribution in [0.3, 0.4) is 0 Å². The van der Waals surface area contributed by atoms with Crippen LogP contribution in [0.25, 0.3) is 0 Å². The summed E-state index contributed by atoms with van der Waals surface area (Å²) >= 11 is 8.60. The van der Waals surface area contributed by atoms with Crippen molar-refractivity contribution < 1.29 is 8.78 Å². The Morgan fingerprint density at radius 2 is 2.23 bits per heavy atom. The molecule has 13 heavy (non-hydrogen) atoms. The summed E-state index contributed by atoms with van der Waals surface area (Å²) in [4.78, 5) is 3.69. The third-order valence-corrected chi connectivity index (χ3v) is 2.36. The van der Waals surface area contributed by atoms with Crippen molar-refractivity contribution in [3.05, 3.63) is 27.5 Å². The molecule has 0 spiro atoms. The van der Waals surface area contributed by atoms with Crippen molar-refractivity contribution in [2.45, 2.75) is 19.2 Å². The van der Waals surface area contributed by atoms with Gasteiger partial charge in [0.05, 0.1) is 0 Å². The van der Waals surface area contributed by atoms with E-state index < -0.39 is 6.43 Å². The van der Waals surface area contributed by atoms with Crippen LogP contribution in [0.4, 0.5) is 8.78 Å². The minimum absolute atomic E-state index is 0.0613. The molecule has 1 aromatic rings. The normalized spacial score (nSPS) is 10.9. The van der Waals surface area contributed by atoms with Crippen molar-refractivity contribution in [2.75, 3.05) is 0 Å². The standard InChI is InChI=1S/C8H7BrClF2N/c1-4-2-6(9)13-7(8(11)12)5(4)3-10/h2,8H,3H2,1H3. The minimum atomic E-state index is -2.58. The molecule has 0 aliphatic rings. The average molecular weight is 271 g/mol. The molecule has 1 nitrogen and oxygen atoms in total. The van der Waals surface area contributed by atoms with E-state index in [0.717, 1.165) is 5.56 Å². The molecule has 0 saturated heterocycles. The highest BCUT2D eigenvalue weighted by molar-refractivity contribution is 9.10. The highest BCUT2D eigenvalue weighted by atomic mass is 79.9. The van der Waals surface area contributed by atoms with Crippen LogP contribution in [-0.4, -0.2) is 4.98 Å². The van der Waals surface area contributed by atoms with Crippen LogP contribution in [0.5, 0.6) is 0 Å². The number of hydrogen-bond donors (Lipinski definition) is 0. The first-order valence-electron chi connectivity index (χ1n) is 3.56. The first-order valence-corrected chi connectivity index (χ1v) is 4.89. The van der Waals surface area contributed by atoms with E-state index in [1.54, 1.807) is 13.0 Å². The predicted octanol–water partition coefficient (Wildman–Crippen LogP) is 3.83. The summed E-state index contributed by atoms with van der Waals surface area (Å²) in [7, 11) is 0. The van der Waals surface area contributed by atoms with E-state index in [9.17, 15) is 8.78 Å². The smallest absolute Gasteiger partial charge is 0.240 e. The predicted molar refractivity (Wildman–Crippen MR) is 51.2 cm³/mol. The summed E-state index contributed by atoms with van der Waals surface area (Å²) in [6.45, 7) is 1.73. The van der Waals surface area contributed by atoms with Gasteiger partial charge < -0.3 is 0 Å². The zero-order chi connectivity index (χ0) is 10.0. The van der Waals surface area contributed by atoms with Crippen molar-refractivity contribution in [1.29, 1.82) is 0 Å². The van der Waals surface area contributed by atoms with Crippen LogP contribution in [-0.2, 0) is 5.88 Å². The Bertz CT molecular complexity index is 317. The topological polar surface area (TPSA) is 12.9 Å². The summed E-state index contributed by atoms with van der Waals surface area (Å²) in [5, 5.41) is 0. The zero-order valence-corrected chi connectivity index (χ0v) is 9.16. The van der Waals surface area contributed by atoms with Gasteiger partial charge in [0.15, 0.2) is 0 Å². The Labute approximate surface area is 88.2 Å². The first kappa shape index (κ1) is 10.9. The minimum Gasteiger partial charge on any atom is -0.240 e. The van der Waals surface area contributed by atoms with Crippen molar-refractivity contribution in [2.24, 2.45) is 0 Å². The lowest BCUT2D eigenvalue weighted by Crippen LogP contribution is -2.00. The lowest BCUT2D eigenvalue weighted by atomic mass is 10.1. The van der Waals surface area contributed by atoms with Gasteiger partial charge in [-0.05, 0) is 40.0 Å². The van der Waals surface area contributed by atoms with Gasteiger partial charge in [-0.1, -0.05) is 0 Å². The van der Waals surface area contributed by atoms with E-state index in [4.69, 9.17) is 11.6 Å². The molecule has 1 heterocycles. The zero-order valence-electron chi connectivity index (χ0n) is 6.82. The number of rotatable bonds is 2. The van der Waals surface area contributed by atoms with Crippen LogP contribution in [0.2, 0.25) is 0 Å². The molecule has 0 amide bonds. The molecule has 72 valence electrons. The number of aryl methyl sites for hydroxylation is 1. The van der Waals surface area contributed by atoms with Gasteiger partial charge in [-0.3, -0.25) is 0 Å². The van der Waals surface area contributed by atoms with Gasteiger partial charge in [-0.2, -0.15) is 0 Å². The fourth-order valence-corrected chi connectivity index (χ4v) is 1.92. The van der Waals surface area contributed by atoms with E-state index in [2.05, 4.69) is 20.9 Å². The molecular weight excluding hydrogens is 263 g/mol. The third kappa shape index (κ3) is 2.38. The Morgan fingerprint density at radius 1 is 1.62 bits per heavy atom. The molecule has 0 bridgehead atoms. The highest BCUT2D eigenvalue weighted by Gasteiger charge is 2.16. The lowest BCUT2D eigenvalue weighted by Gasteiger charge is -2.08. The maximum Gasteiger partial charge on any atom is 0.280 e. The van der Waals surface area contributed by atoms with Crippen LogP contribution in [0, 0.1) is 6.92 Å². The molecule has 0 aliphatic heterocycles. The van der Waals surface area contributed by atoms with Crippen LogP contribution < -0.4 is 0 Å². The van der Waals surface area contributed by atoms with E-state index in [0.29, 0.717) is 10.2 Å². The molecule has 0 radical (unpaired) electrons. The number of pyridine rings is 1. The van der Waals surface area contributed by atoms with E-state index in [-0.39, 0.29) is 11.6 Å². The summed E-state index contributed by atoms with van der Waals surface area (Å²) < 4.78 is 25.3. The van der Waals surface area contributed by atoms with Crippen LogP contribution >= 0.6 is 27.5 Å². The van der Waals surface area contributed by atoms with Gasteiger partial charge in [0.25, 0.3) is 6.43 Å². The molecule has 0 fully saturated rings. The van der Waals surface area contributed by atoms with Gasteiger partial charge in [-0.25, -0.2) is 13.8 Å². The second kappa shape index (κ2) is 4.33. The molecule has 0 aromatic carbocycles. The van der Waals surface area contributed by atoms with E-state index in [1.807, 2.05) is 0 Å². The summed E-state index contributed by atoms with van der Waals surface area (Å²) in [5.74, 6) is 0.0613. The Balaban J connectivity index is 3.29. The number of nitrogens with zero attached hydrogens (tertiary/aromatic N) is 1. The van der Waals surface area contributed by atoms with Crippen molar-refractivity contribution in [3.8, 4) is 0 Å². The van der Waals surface area contributed by atoms with Gasteiger partial charge in [-0.15, -0.1) is 11.6 Å². The number of halogens is 4. The molecular formula is C8H7BrClF2N. The van der Waals surface area contributed by atoms with E-state index in [1.165, 1.54) is 0 Å². The van der Waals surface area contributed by atoms with Crippen molar-refractivity contribution >= 4 is 27.5 Å². The van der Waals surface area contributed by atoms with Gasteiger partial charge in [0, 0.05) is 5.88 Å². The molecule has 0 unspecified atom stereocenters. The maximum absolute atomic E-state index is 12.4. The highest BCUT2D eigenvalue weighted by Crippen LogP contribution is 2.26. The monoisotopic (exact) mass is 269 g/mol. The fourth-order valence-electron chi connectivity index (χ4n) is 1.04. The number of hydrogen-bond acceptors (Lipinski definition) is 1. The quantitative estimate of drug-likeness (QED) is 0.588. The number of aromatic nitrogens is 1. The molecule has 0 N–H and O–H groups in total. The summed E-state index contributed by atoms with van der Waals surface area (Å²) in [5.41, 5.74) is 0.911. The van der Waals surface area contributed by atoms with Gasteiger partial charge >= 0.3 is 0 Å². The van der Waals surface area contributed by atoms with Crippen LogP contribution in [0.1, 0.15) is 23.2 Å². The Morgan fingerprint density at radius 3 is 2.69 bits per heavy atom. The SMILES string of the molecule is Cc1cc(Br)nc(C(F)F)c1CCl. The maximum atomic E-state index is 12.4. The lowest BCUT2D eigenvalue weighted by molar-refractivity contribution is 0.145. The van der Waals surface area contributed by atoms with Crippen LogP contribution in [0.15, 0.2) is 10.7 Å². The summed E-state index contributed by atoms with van der Waals surface area (Å²) in [6.07, 6.45) is -2.58. The second-order valence-electron chi connectivity index (χ2n) is 2.56. The third-order valence-electron chi connectivity index (χ3n) is 1.69. The van der Waals surface area contributed by atoms with Crippen molar-refractivity contribution in [3.63, 3.8) is 0 Å². The first-order chi connectivity index (χ1) is 6.06. The van der Waals surface area contributed by atoms with Gasteiger partial charge in [0.1, 0.15) is 10.3 Å². The van der Waals surface area contributed by atoms with Crippen molar-refractivity contribution in [1.82, 2.24) is 4.98 Å². The fraction of sp³-hybridized carbons (Fsp3) is 0.375. The molecule has 1 rings (SSSR count). The Hall–Kier alpha value is -0.220.